The summed E-state index contributed by atoms with van der Waals surface area (Å²) in [6.07, 6.45) is 1.74. The Hall–Kier alpha value is -1.33. The minimum atomic E-state index is 0.0552. The van der Waals surface area contributed by atoms with Gasteiger partial charge in [-0.15, -0.1) is 0 Å². The number of aromatic nitrogens is 1. The molecule has 0 fully saturated rings. The van der Waals surface area contributed by atoms with Crippen LogP contribution in [0.5, 0.6) is 5.75 Å². The zero-order chi connectivity index (χ0) is 14.7. The molecule has 0 aliphatic carbocycles. The van der Waals surface area contributed by atoms with Crippen molar-refractivity contribution in [1.29, 1.82) is 0 Å². The van der Waals surface area contributed by atoms with Gasteiger partial charge < -0.3 is 9.15 Å². The lowest BCUT2D eigenvalue weighted by atomic mass is 10.1. The minimum absolute atomic E-state index is 0.0552. The summed E-state index contributed by atoms with van der Waals surface area (Å²) in [6.45, 7) is 6.05. The van der Waals surface area contributed by atoms with Crippen molar-refractivity contribution in [3.63, 3.8) is 0 Å². The lowest BCUT2D eigenvalue weighted by Crippen LogP contribution is -2.22. The highest BCUT2D eigenvalue weighted by Gasteiger charge is 2.16. The van der Waals surface area contributed by atoms with Gasteiger partial charge in [0.1, 0.15) is 11.5 Å². The maximum absolute atomic E-state index is 5.54. The van der Waals surface area contributed by atoms with Gasteiger partial charge in [0.25, 0.3) is 0 Å². The molecule has 20 heavy (non-hydrogen) atoms. The third kappa shape index (κ3) is 3.41. The third-order valence-electron chi connectivity index (χ3n) is 3.19. The molecule has 0 spiro atoms. The molecule has 2 atom stereocenters. The number of nitrogens with zero attached hydrogens (tertiary/aromatic N) is 1. The summed E-state index contributed by atoms with van der Waals surface area (Å²) in [6, 6.07) is 6.30. The largest absolute Gasteiger partial charge is 0.496 e. The lowest BCUT2D eigenvalue weighted by molar-refractivity contribution is 0.379. The third-order valence-corrected chi connectivity index (χ3v) is 3.81. The first-order chi connectivity index (χ1) is 9.51. The molecule has 1 aromatic heterocycles. The molecule has 108 valence electrons. The smallest absolute Gasteiger partial charge is 0.211 e. The van der Waals surface area contributed by atoms with Crippen LogP contribution in [0.25, 0.3) is 0 Å². The standard InChI is InChI=1S/C15H19BrN2O2/c1-9-8-17-15(20-9)11(3)18-10(2)12-5-6-14(19-4)13(16)7-12/h5-8,10-11,18H,1-4H3. The van der Waals surface area contributed by atoms with Crippen molar-refractivity contribution >= 4 is 15.9 Å². The topological polar surface area (TPSA) is 47.3 Å². The van der Waals surface area contributed by atoms with Crippen LogP contribution < -0.4 is 10.1 Å². The van der Waals surface area contributed by atoms with E-state index in [-0.39, 0.29) is 12.1 Å². The van der Waals surface area contributed by atoms with Gasteiger partial charge in [-0.2, -0.15) is 0 Å². The Bertz CT molecular complexity index is 583. The first-order valence-corrected chi connectivity index (χ1v) is 7.32. The van der Waals surface area contributed by atoms with Gasteiger partial charge in [0.15, 0.2) is 0 Å². The fraction of sp³-hybridized carbons (Fsp3) is 0.400. The number of rotatable bonds is 5. The van der Waals surface area contributed by atoms with Crippen molar-refractivity contribution in [1.82, 2.24) is 10.3 Å². The molecule has 2 rings (SSSR count). The summed E-state index contributed by atoms with van der Waals surface area (Å²) >= 11 is 3.51. The van der Waals surface area contributed by atoms with E-state index < -0.39 is 0 Å². The highest BCUT2D eigenvalue weighted by Crippen LogP contribution is 2.28. The number of hydrogen-bond donors (Lipinski definition) is 1. The van der Waals surface area contributed by atoms with Gasteiger partial charge in [-0.05, 0) is 54.4 Å². The van der Waals surface area contributed by atoms with Gasteiger partial charge in [0.2, 0.25) is 5.89 Å². The average molecular weight is 339 g/mol. The van der Waals surface area contributed by atoms with E-state index in [0.29, 0.717) is 5.89 Å². The van der Waals surface area contributed by atoms with Crippen molar-refractivity contribution in [2.75, 3.05) is 7.11 Å². The molecular weight excluding hydrogens is 320 g/mol. The molecule has 4 nitrogen and oxygen atoms in total. The number of ether oxygens (including phenoxy) is 1. The molecule has 0 radical (unpaired) electrons. The summed E-state index contributed by atoms with van der Waals surface area (Å²) in [7, 11) is 1.66. The van der Waals surface area contributed by atoms with Crippen LogP contribution in [0, 0.1) is 6.92 Å². The van der Waals surface area contributed by atoms with E-state index in [1.165, 1.54) is 5.56 Å². The van der Waals surface area contributed by atoms with Crippen molar-refractivity contribution in [2.24, 2.45) is 0 Å². The van der Waals surface area contributed by atoms with Crippen LogP contribution in [-0.4, -0.2) is 12.1 Å². The average Bonchev–Trinajstić information content (AvgIpc) is 2.85. The zero-order valence-electron chi connectivity index (χ0n) is 12.1. The van der Waals surface area contributed by atoms with Crippen LogP contribution in [0.2, 0.25) is 0 Å². The molecule has 1 N–H and O–H groups in total. The number of nitrogens with one attached hydrogen (secondary N) is 1. The Morgan fingerprint density at radius 3 is 2.60 bits per heavy atom. The summed E-state index contributed by atoms with van der Waals surface area (Å²) in [5.41, 5.74) is 1.17. The molecule has 0 saturated heterocycles. The molecule has 0 bridgehead atoms. The Labute approximate surface area is 127 Å². The second-order valence-corrected chi connectivity index (χ2v) is 5.67. The molecule has 0 aliphatic heterocycles. The molecule has 2 aromatic rings. The van der Waals surface area contributed by atoms with Crippen LogP contribution in [0.3, 0.4) is 0 Å². The zero-order valence-corrected chi connectivity index (χ0v) is 13.7. The monoisotopic (exact) mass is 338 g/mol. The van der Waals surface area contributed by atoms with E-state index in [2.05, 4.69) is 45.3 Å². The van der Waals surface area contributed by atoms with Crippen molar-refractivity contribution in [2.45, 2.75) is 32.9 Å². The van der Waals surface area contributed by atoms with E-state index in [4.69, 9.17) is 9.15 Å². The number of hydrogen-bond acceptors (Lipinski definition) is 4. The lowest BCUT2D eigenvalue weighted by Gasteiger charge is -2.19. The van der Waals surface area contributed by atoms with Crippen LogP contribution in [0.1, 0.15) is 43.1 Å². The van der Waals surface area contributed by atoms with Crippen LogP contribution in [0.15, 0.2) is 33.3 Å². The number of methoxy groups -OCH3 is 1. The van der Waals surface area contributed by atoms with Crippen LogP contribution in [0.4, 0.5) is 0 Å². The van der Waals surface area contributed by atoms with E-state index in [1.54, 1.807) is 13.3 Å². The summed E-state index contributed by atoms with van der Waals surface area (Å²) < 4.78 is 11.7. The second-order valence-electron chi connectivity index (χ2n) is 4.81. The molecule has 2 unspecified atom stereocenters. The fourth-order valence-corrected chi connectivity index (χ4v) is 2.63. The van der Waals surface area contributed by atoms with Gasteiger partial charge >= 0.3 is 0 Å². The van der Waals surface area contributed by atoms with E-state index >= 15 is 0 Å². The summed E-state index contributed by atoms with van der Waals surface area (Å²) in [5, 5.41) is 3.47. The van der Waals surface area contributed by atoms with Crippen LogP contribution >= 0.6 is 15.9 Å². The van der Waals surface area contributed by atoms with Gasteiger partial charge in [0, 0.05) is 6.04 Å². The van der Waals surface area contributed by atoms with Gasteiger partial charge in [-0.1, -0.05) is 6.07 Å². The molecule has 5 heteroatoms. The van der Waals surface area contributed by atoms with Gasteiger partial charge in [-0.3, -0.25) is 5.32 Å². The number of aryl methyl sites for hydroxylation is 1. The van der Waals surface area contributed by atoms with Crippen molar-refractivity contribution in [3.8, 4) is 5.75 Å². The van der Waals surface area contributed by atoms with Gasteiger partial charge in [0.05, 0.1) is 23.8 Å². The Morgan fingerprint density at radius 2 is 2.05 bits per heavy atom. The molecule has 1 aromatic carbocycles. The fourth-order valence-electron chi connectivity index (χ4n) is 2.07. The predicted octanol–water partition coefficient (Wildman–Crippen LogP) is 4.17. The highest BCUT2D eigenvalue weighted by molar-refractivity contribution is 9.10. The SMILES string of the molecule is COc1ccc(C(C)NC(C)c2ncc(C)o2)cc1Br. The number of oxazole rings is 1. The second kappa shape index (κ2) is 6.41. The van der Waals surface area contributed by atoms with Gasteiger partial charge in [-0.25, -0.2) is 4.98 Å². The summed E-state index contributed by atoms with van der Waals surface area (Å²) in [4.78, 5) is 4.25. The Balaban J connectivity index is 2.07. The maximum Gasteiger partial charge on any atom is 0.211 e. The molecule has 0 saturated carbocycles. The summed E-state index contributed by atoms with van der Waals surface area (Å²) in [5.74, 6) is 2.37. The van der Waals surface area contributed by atoms with Crippen LogP contribution in [-0.2, 0) is 0 Å². The molecule has 0 amide bonds. The number of halogens is 1. The van der Waals surface area contributed by atoms with E-state index in [1.807, 2.05) is 19.9 Å². The Morgan fingerprint density at radius 1 is 1.30 bits per heavy atom. The minimum Gasteiger partial charge on any atom is -0.496 e. The maximum atomic E-state index is 5.54. The van der Waals surface area contributed by atoms with Crippen molar-refractivity contribution in [3.05, 3.63) is 46.1 Å². The highest BCUT2D eigenvalue weighted by atomic mass is 79.9. The van der Waals surface area contributed by atoms with E-state index in [0.717, 1.165) is 16.0 Å². The molecule has 0 aliphatic rings. The number of benzene rings is 1. The van der Waals surface area contributed by atoms with Crippen molar-refractivity contribution < 1.29 is 9.15 Å². The predicted molar refractivity (Wildman–Crippen MR) is 81.9 cm³/mol. The molecular formula is C15H19BrN2O2. The van der Waals surface area contributed by atoms with E-state index in [9.17, 15) is 0 Å². The molecule has 1 heterocycles. The normalized spacial score (nSPS) is 14.1. The first-order valence-electron chi connectivity index (χ1n) is 6.53. The quantitative estimate of drug-likeness (QED) is 0.888. The Kier molecular flexibility index (Phi) is 4.83. The first kappa shape index (κ1) is 15.1.